The summed E-state index contributed by atoms with van der Waals surface area (Å²) >= 11 is 3.04. The highest BCUT2D eigenvalue weighted by Gasteiger charge is 2.26. The van der Waals surface area contributed by atoms with Gasteiger partial charge in [-0.15, -0.1) is 0 Å². The van der Waals surface area contributed by atoms with Gasteiger partial charge in [-0.1, -0.05) is 0 Å². The van der Waals surface area contributed by atoms with Gasteiger partial charge >= 0.3 is 0 Å². The molecule has 1 aliphatic carbocycles. The van der Waals surface area contributed by atoms with E-state index in [1.807, 2.05) is 0 Å². The quantitative estimate of drug-likeness (QED) is 0.776. The standard InChI is InChI=1S/C11H12BrF2N/c1-15-9-4-2-3-6-8(13)5-7(12)11(14)10(6)9/h5,9,15H,2-4H2,1H3. The van der Waals surface area contributed by atoms with Gasteiger partial charge in [-0.2, -0.15) is 0 Å². The summed E-state index contributed by atoms with van der Waals surface area (Å²) in [6.07, 6.45) is 2.39. The van der Waals surface area contributed by atoms with E-state index in [2.05, 4.69) is 21.2 Å². The largest absolute Gasteiger partial charge is 0.313 e. The third kappa shape index (κ3) is 1.81. The molecule has 82 valence electrons. The van der Waals surface area contributed by atoms with Crippen molar-refractivity contribution in [3.8, 4) is 0 Å². The molecule has 1 atom stereocenters. The second kappa shape index (κ2) is 4.18. The van der Waals surface area contributed by atoms with Gasteiger partial charge in [0.15, 0.2) is 0 Å². The number of fused-ring (bicyclic) bond motifs is 1. The highest BCUT2D eigenvalue weighted by atomic mass is 79.9. The highest BCUT2D eigenvalue weighted by molar-refractivity contribution is 9.10. The van der Waals surface area contributed by atoms with Crippen molar-refractivity contribution in [2.75, 3.05) is 7.05 Å². The van der Waals surface area contributed by atoms with E-state index in [1.165, 1.54) is 6.07 Å². The van der Waals surface area contributed by atoms with Gasteiger partial charge in [-0.3, -0.25) is 0 Å². The van der Waals surface area contributed by atoms with E-state index in [4.69, 9.17) is 0 Å². The average Bonchev–Trinajstić information content (AvgIpc) is 2.25. The number of halogens is 3. The zero-order chi connectivity index (χ0) is 11.0. The molecule has 0 aliphatic heterocycles. The lowest BCUT2D eigenvalue weighted by molar-refractivity contribution is 0.448. The van der Waals surface area contributed by atoms with Crippen LogP contribution in [0.25, 0.3) is 0 Å². The molecule has 0 bridgehead atoms. The molecule has 15 heavy (non-hydrogen) atoms. The van der Waals surface area contributed by atoms with Gasteiger partial charge in [0.2, 0.25) is 0 Å². The van der Waals surface area contributed by atoms with Gasteiger partial charge in [0, 0.05) is 11.6 Å². The van der Waals surface area contributed by atoms with Crippen molar-refractivity contribution >= 4 is 15.9 Å². The van der Waals surface area contributed by atoms with E-state index in [0.717, 1.165) is 12.8 Å². The monoisotopic (exact) mass is 275 g/mol. The van der Waals surface area contributed by atoms with Crippen molar-refractivity contribution in [2.24, 2.45) is 0 Å². The van der Waals surface area contributed by atoms with Gasteiger partial charge in [0.1, 0.15) is 11.6 Å². The molecule has 0 heterocycles. The first kappa shape index (κ1) is 11.0. The Balaban J connectivity index is 2.62. The summed E-state index contributed by atoms with van der Waals surface area (Å²) in [4.78, 5) is 0. The zero-order valence-electron chi connectivity index (χ0n) is 8.41. The van der Waals surface area contributed by atoms with Crippen molar-refractivity contribution < 1.29 is 8.78 Å². The molecule has 1 aliphatic rings. The molecule has 0 saturated carbocycles. The molecule has 1 N–H and O–H groups in total. The molecular weight excluding hydrogens is 264 g/mol. The summed E-state index contributed by atoms with van der Waals surface area (Å²) in [6.45, 7) is 0. The van der Waals surface area contributed by atoms with Crippen molar-refractivity contribution in [3.63, 3.8) is 0 Å². The van der Waals surface area contributed by atoms with E-state index in [9.17, 15) is 8.78 Å². The van der Waals surface area contributed by atoms with E-state index in [0.29, 0.717) is 17.5 Å². The summed E-state index contributed by atoms with van der Waals surface area (Å²) in [5.41, 5.74) is 1.02. The lowest BCUT2D eigenvalue weighted by atomic mass is 9.87. The van der Waals surface area contributed by atoms with Crippen LogP contribution in [0, 0.1) is 11.6 Å². The number of nitrogens with one attached hydrogen (secondary N) is 1. The van der Waals surface area contributed by atoms with Crippen molar-refractivity contribution in [1.29, 1.82) is 0 Å². The minimum Gasteiger partial charge on any atom is -0.313 e. The van der Waals surface area contributed by atoms with Crippen molar-refractivity contribution in [1.82, 2.24) is 5.32 Å². The molecule has 4 heteroatoms. The Kier molecular flexibility index (Phi) is 3.07. The van der Waals surface area contributed by atoms with Gasteiger partial charge in [0.05, 0.1) is 4.47 Å². The Bertz CT molecular complexity index is 393. The predicted octanol–water partition coefficient (Wildman–Crippen LogP) is 3.32. The SMILES string of the molecule is CNC1CCCc2c(F)cc(Br)c(F)c21. The van der Waals surface area contributed by atoms with Crippen LogP contribution in [0.1, 0.15) is 30.0 Å². The van der Waals surface area contributed by atoms with Crippen LogP contribution in [0.4, 0.5) is 8.78 Å². The van der Waals surface area contributed by atoms with Crippen molar-refractivity contribution in [2.45, 2.75) is 25.3 Å². The van der Waals surface area contributed by atoms with Crippen LogP contribution in [0.2, 0.25) is 0 Å². The van der Waals surface area contributed by atoms with E-state index < -0.39 is 0 Å². The number of hydrogen-bond acceptors (Lipinski definition) is 1. The van der Waals surface area contributed by atoms with Crippen LogP contribution in [-0.2, 0) is 6.42 Å². The Hall–Kier alpha value is -0.480. The molecule has 1 nitrogen and oxygen atoms in total. The van der Waals surface area contributed by atoms with Gasteiger partial charge < -0.3 is 5.32 Å². The molecule has 2 rings (SSSR count). The first-order chi connectivity index (χ1) is 7.15. The fraction of sp³-hybridized carbons (Fsp3) is 0.455. The first-order valence-electron chi connectivity index (χ1n) is 4.98. The van der Waals surface area contributed by atoms with Crippen LogP contribution < -0.4 is 5.32 Å². The second-order valence-corrected chi connectivity index (χ2v) is 4.63. The summed E-state index contributed by atoms with van der Waals surface area (Å²) < 4.78 is 27.7. The third-order valence-electron chi connectivity index (χ3n) is 2.93. The fourth-order valence-electron chi connectivity index (χ4n) is 2.18. The molecule has 1 aromatic rings. The summed E-state index contributed by atoms with van der Waals surface area (Å²) in [5.74, 6) is -0.635. The topological polar surface area (TPSA) is 12.0 Å². The predicted molar refractivity (Wildman–Crippen MR) is 58.8 cm³/mol. The lowest BCUT2D eigenvalue weighted by Crippen LogP contribution is -2.24. The van der Waals surface area contributed by atoms with Crippen molar-refractivity contribution in [3.05, 3.63) is 33.3 Å². The Morgan fingerprint density at radius 3 is 2.87 bits per heavy atom. The molecule has 0 amide bonds. The molecule has 0 fully saturated rings. The second-order valence-electron chi connectivity index (χ2n) is 3.78. The Morgan fingerprint density at radius 1 is 1.47 bits per heavy atom. The van der Waals surface area contributed by atoms with Gasteiger partial charge in [0.25, 0.3) is 0 Å². The van der Waals surface area contributed by atoms with Gasteiger partial charge in [-0.25, -0.2) is 8.78 Å². The van der Waals surface area contributed by atoms with Crippen LogP contribution in [-0.4, -0.2) is 7.05 Å². The maximum atomic E-state index is 13.8. The van der Waals surface area contributed by atoms with E-state index >= 15 is 0 Å². The van der Waals surface area contributed by atoms with Crippen LogP contribution in [0.3, 0.4) is 0 Å². The highest BCUT2D eigenvalue weighted by Crippen LogP contribution is 2.36. The molecule has 1 aromatic carbocycles. The van der Waals surface area contributed by atoms with Crippen LogP contribution in [0.15, 0.2) is 10.5 Å². The smallest absolute Gasteiger partial charge is 0.142 e. The molecule has 0 radical (unpaired) electrons. The van der Waals surface area contributed by atoms with E-state index in [1.54, 1.807) is 7.05 Å². The first-order valence-corrected chi connectivity index (χ1v) is 5.78. The fourth-order valence-corrected chi connectivity index (χ4v) is 2.60. The van der Waals surface area contributed by atoms with Crippen LogP contribution >= 0.6 is 15.9 Å². The summed E-state index contributed by atoms with van der Waals surface area (Å²) in [5, 5.41) is 3.03. The van der Waals surface area contributed by atoms with E-state index in [-0.39, 0.29) is 22.1 Å². The lowest BCUT2D eigenvalue weighted by Gasteiger charge is -2.26. The number of hydrogen-bond donors (Lipinski definition) is 1. The molecule has 1 unspecified atom stereocenters. The maximum Gasteiger partial charge on any atom is 0.142 e. The average molecular weight is 276 g/mol. The molecule has 0 spiro atoms. The van der Waals surface area contributed by atoms with Crippen LogP contribution in [0.5, 0.6) is 0 Å². The van der Waals surface area contributed by atoms with Gasteiger partial charge in [-0.05, 0) is 53.9 Å². The molecule has 0 aromatic heterocycles. The molecule has 0 saturated heterocycles. The minimum absolute atomic E-state index is 0.0688. The number of rotatable bonds is 1. The number of benzene rings is 1. The molecular formula is C11H12BrF2N. The minimum atomic E-state index is -0.328. The summed E-state index contributed by atoms with van der Waals surface area (Å²) in [6, 6.07) is 1.15. The summed E-state index contributed by atoms with van der Waals surface area (Å²) in [7, 11) is 1.78. The normalized spacial score (nSPS) is 20.1. The third-order valence-corrected chi connectivity index (χ3v) is 3.51. The Morgan fingerprint density at radius 2 is 2.20 bits per heavy atom. The Labute approximate surface area is 96.0 Å². The maximum absolute atomic E-state index is 13.8. The zero-order valence-corrected chi connectivity index (χ0v) is 10.00.